The highest BCUT2D eigenvalue weighted by molar-refractivity contribution is 5.44. The van der Waals surface area contributed by atoms with Crippen LogP contribution in [0.25, 0.3) is 0 Å². The van der Waals surface area contributed by atoms with Crippen LogP contribution in [-0.2, 0) is 0 Å². The van der Waals surface area contributed by atoms with E-state index in [1.54, 1.807) is 0 Å². The summed E-state index contributed by atoms with van der Waals surface area (Å²) in [6, 6.07) is 6.11. The van der Waals surface area contributed by atoms with E-state index in [0.717, 1.165) is 43.1 Å². The Morgan fingerprint density at radius 1 is 1.24 bits per heavy atom. The summed E-state index contributed by atoms with van der Waals surface area (Å²) in [5.41, 5.74) is 7.35. The van der Waals surface area contributed by atoms with Gasteiger partial charge in [-0.15, -0.1) is 0 Å². The Labute approximate surface area is 103 Å². The topological polar surface area (TPSA) is 44.5 Å². The molecule has 1 aromatic carbocycles. The van der Waals surface area contributed by atoms with Crippen molar-refractivity contribution in [2.24, 2.45) is 11.7 Å². The van der Waals surface area contributed by atoms with Gasteiger partial charge < -0.3 is 15.2 Å². The Bertz CT molecular complexity index is 378. The van der Waals surface area contributed by atoms with Gasteiger partial charge in [0.25, 0.3) is 0 Å². The van der Waals surface area contributed by atoms with Crippen molar-refractivity contribution in [3.8, 4) is 11.5 Å². The number of rotatable bonds is 3. The standard InChI is InChI=1S/C14H21NO2/c1-3-10(2)14(15)11-5-6-12-13(9-11)17-8-4-7-16-12/h5-6,9-10,14H,3-4,7-8,15H2,1-2H3/t10-,14-/m0/s1. The molecular formula is C14H21NO2. The lowest BCUT2D eigenvalue weighted by Crippen LogP contribution is -2.18. The van der Waals surface area contributed by atoms with Gasteiger partial charge in [-0.2, -0.15) is 0 Å². The van der Waals surface area contributed by atoms with Crippen LogP contribution in [0, 0.1) is 5.92 Å². The zero-order chi connectivity index (χ0) is 12.3. The quantitative estimate of drug-likeness (QED) is 0.876. The smallest absolute Gasteiger partial charge is 0.161 e. The van der Waals surface area contributed by atoms with E-state index in [9.17, 15) is 0 Å². The fraction of sp³-hybridized carbons (Fsp3) is 0.571. The SMILES string of the molecule is CC[C@H](C)[C@H](N)c1ccc2c(c1)OCCCO2. The fourth-order valence-electron chi connectivity index (χ4n) is 1.97. The van der Waals surface area contributed by atoms with Crippen molar-refractivity contribution >= 4 is 0 Å². The highest BCUT2D eigenvalue weighted by atomic mass is 16.5. The second-order valence-corrected chi connectivity index (χ2v) is 4.67. The summed E-state index contributed by atoms with van der Waals surface area (Å²) in [6.45, 7) is 5.78. The van der Waals surface area contributed by atoms with Crippen molar-refractivity contribution in [1.82, 2.24) is 0 Å². The lowest BCUT2D eigenvalue weighted by Gasteiger charge is -2.20. The molecule has 0 unspecified atom stereocenters. The van der Waals surface area contributed by atoms with Crippen LogP contribution in [0.15, 0.2) is 18.2 Å². The summed E-state index contributed by atoms with van der Waals surface area (Å²) in [5.74, 6) is 2.14. The van der Waals surface area contributed by atoms with Crippen LogP contribution in [0.5, 0.6) is 11.5 Å². The van der Waals surface area contributed by atoms with Crippen molar-refractivity contribution < 1.29 is 9.47 Å². The number of fused-ring (bicyclic) bond motifs is 1. The molecule has 0 saturated heterocycles. The van der Waals surface area contributed by atoms with Gasteiger partial charge in [-0.05, 0) is 23.6 Å². The molecule has 3 nitrogen and oxygen atoms in total. The number of benzene rings is 1. The minimum Gasteiger partial charge on any atom is -0.490 e. The Kier molecular flexibility index (Phi) is 3.89. The summed E-state index contributed by atoms with van der Waals surface area (Å²) < 4.78 is 11.3. The molecule has 94 valence electrons. The Morgan fingerprint density at radius 2 is 1.94 bits per heavy atom. The van der Waals surface area contributed by atoms with E-state index in [2.05, 4.69) is 13.8 Å². The van der Waals surface area contributed by atoms with Crippen LogP contribution < -0.4 is 15.2 Å². The molecule has 0 amide bonds. The van der Waals surface area contributed by atoms with Crippen molar-refractivity contribution in [2.45, 2.75) is 32.7 Å². The van der Waals surface area contributed by atoms with Crippen molar-refractivity contribution in [3.63, 3.8) is 0 Å². The summed E-state index contributed by atoms with van der Waals surface area (Å²) >= 11 is 0. The van der Waals surface area contributed by atoms with Gasteiger partial charge in [0.2, 0.25) is 0 Å². The van der Waals surface area contributed by atoms with Crippen LogP contribution >= 0.6 is 0 Å². The average molecular weight is 235 g/mol. The highest BCUT2D eigenvalue weighted by Crippen LogP contribution is 2.33. The van der Waals surface area contributed by atoms with Gasteiger partial charge in [0.15, 0.2) is 11.5 Å². The summed E-state index contributed by atoms with van der Waals surface area (Å²) in [4.78, 5) is 0. The zero-order valence-electron chi connectivity index (χ0n) is 10.6. The van der Waals surface area contributed by atoms with Gasteiger partial charge in [0.05, 0.1) is 13.2 Å². The molecule has 1 aromatic rings. The first-order chi connectivity index (χ1) is 8.22. The van der Waals surface area contributed by atoms with Crippen molar-refractivity contribution in [3.05, 3.63) is 23.8 Å². The number of hydrogen-bond acceptors (Lipinski definition) is 3. The maximum Gasteiger partial charge on any atom is 0.161 e. The molecule has 17 heavy (non-hydrogen) atoms. The van der Waals surface area contributed by atoms with E-state index >= 15 is 0 Å². The molecule has 2 rings (SSSR count). The lowest BCUT2D eigenvalue weighted by molar-refractivity contribution is 0.297. The van der Waals surface area contributed by atoms with Crippen molar-refractivity contribution in [2.75, 3.05) is 13.2 Å². The summed E-state index contributed by atoms with van der Waals surface area (Å²) in [6.07, 6.45) is 2.01. The number of hydrogen-bond donors (Lipinski definition) is 1. The maximum atomic E-state index is 6.22. The van der Waals surface area contributed by atoms with Crippen molar-refractivity contribution in [1.29, 1.82) is 0 Å². The van der Waals surface area contributed by atoms with Crippen LogP contribution in [0.2, 0.25) is 0 Å². The molecule has 3 heteroatoms. The van der Waals surface area contributed by atoms with Gasteiger partial charge in [-0.1, -0.05) is 26.3 Å². The normalized spacial score (nSPS) is 18.3. The van der Waals surface area contributed by atoms with Gasteiger partial charge >= 0.3 is 0 Å². The second-order valence-electron chi connectivity index (χ2n) is 4.67. The largest absolute Gasteiger partial charge is 0.490 e. The molecule has 0 fully saturated rings. The third kappa shape index (κ3) is 2.72. The predicted octanol–water partition coefficient (Wildman–Crippen LogP) is 2.89. The average Bonchev–Trinajstić information content (AvgIpc) is 2.61. The van der Waals surface area contributed by atoms with E-state index in [0.29, 0.717) is 5.92 Å². The van der Waals surface area contributed by atoms with Gasteiger partial charge in [0, 0.05) is 12.5 Å². The second kappa shape index (κ2) is 5.41. The van der Waals surface area contributed by atoms with E-state index in [1.807, 2.05) is 18.2 Å². The van der Waals surface area contributed by atoms with Crippen LogP contribution in [0.4, 0.5) is 0 Å². The molecule has 2 N–H and O–H groups in total. The highest BCUT2D eigenvalue weighted by Gasteiger charge is 2.17. The van der Waals surface area contributed by atoms with Gasteiger partial charge in [-0.3, -0.25) is 0 Å². The molecule has 0 spiro atoms. The summed E-state index contributed by atoms with van der Waals surface area (Å²) in [5, 5.41) is 0. The van der Waals surface area contributed by atoms with E-state index < -0.39 is 0 Å². The molecule has 0 bridgehead atoms. The molecule has 1 aliphatic heterocycles. The molecule has 0 radical (unpaired) electrons. The predicted molar refractivity (Wildman–Crippen MR) is 68.4 cm³/mol. The van der Waals surface area contributed by atoms with Crippen LogP contribution in [0.1, 0.15) is 38.3 Å². The molecule has 1 heterocycles. The Balaban J connectivity index is 2.23. The monoisotopic (exact) mass is 235 g/mol. The summed E-state index contributed by atoms with van der Waals surface area (Å²) in [7, 11) is 0. The molecular weight excluding hydrogens is 214 g/mol. The molecule has 0 saturated carbocycles. The minimum atomic E-state index is 0.0668. The van der Waals surface area contributed by atoms with E-state index in [-0.39, 0.29) is 6.04 Å². The first-order valence-electron chi connectivity index (χ1n) is 6.37. The van der Waals surface area contributed by atoms with Gasteiger partial charge in [-0.25, -0.2) is 0 Å². The maximum absolute atomic E-state index is 6.22. The lowest BCUT2D eigenvalue weighted by atomic mass is 9.93. The van der Waals surface area contributed by atoms with Crippen LogP contribution in [-0.4, -0.2) is 13.2 Å². The Hall–Kier alpha value is -1.22. The number of ether oxygens (including phenoxy) is 2. The van der Waals surface area contributed by atoms with E-state index in [4.69, 9.17) is 15.2 Å². The van der Waals surface area contributed by atoms with Crippen LogP contribution in [0.3, 0.4) is 0 Å². The molecule has 2 atom stereocenters. The molecule has 0 aromatic heterocycles. The van der Waals surface area contributed by atoms with E-state index in [1.165, 1.54) is 0 Å². The zero-order valence-corrected chi connectivity index (χ0v) is 10.6. The molecule has 0 aliphatic carbocycles. The minimum absolute atomic E-state index is 0.0668. The van der Waals surface area contributed by atoms with Gasteiger partial charge in [0.1, 0.15) is 0 Å². The molecule has 1 aliphatic rings. The third-order valence-corrected chi connectivity index (χ3v) is 3.41. The first kappa shape index (κ1) is 12.2. The first-order valence-corrected chi connectivity index (χ1v) is 6.37. The number of nitrogens with two attached hydrogens (primary N) is 1. The Morgan fingerprint density at radius 3 is 2.65 bits per heavy atom. The fourth-order valence-corrected chi connectivity index (χ4v) is 1.97. The third-order valence-electron chi connectivity index (χ3n) is 3.41.